The molecule has 1 aliphatic heterocycles. The zero-order valence-electron chi connectivity index (χ0n) is 10.8. The van der Waals surface area contributed by atoms with Crippen LogP contribution < -0.4 is 0 Å². The topological polar surface area (TPSA) is 36.4 Å². The number of rotatable bonds is 4. The zero-order chi connectivity index (χ0) is 13.0. The second-order valence-electron chi connectivity index (χ2n) is 4.32. The van der Waals surface area contributed by atoms with E-state index in [1.54, 1.807) is 29.3 Å². The summed E-state index contributed by atoms with van der Waals surface area (Å²) in [5.74, 6) is 0.242. The Hall–Kier alpha value is -0.590. The second kappa shape index (κ2) is 6.54. The lowest BCUT2D eigenvalue weighted by Gasteiger charge is -2.35. The van der Waals surface area contributed by atoms with Gasteiger partial charge in [0, 0.05) is 37.8 Å². The van der Waals surface area contributed by atoms with Crippen molar-refractivity contribution in [2.24, 2.45) is 0 Å². The highest BCUT2D eigenvalue weighted by atomic mass is 32.2. The molecule has 1 fully saturated rings. The Morgan fingerprint density at radius 2 is 2.22 bits per heavy atom. The van der Waals surface area contributed by atoms with Crippen LogP contribution in [0.1, 0.15) is 13.8 Å². The fourth-order valence-electron chi connectivity index (χ4n) is 2.01. The number of nitrogens with zero attached hydrogens (tertiary/aromatic N) is 3. The molecule has 0 aliphatic carbocycles. The van der Waals surface area contributed by atoms with Crippen LogP contribution in [0.2, 0.25) is 0 Å². The highest BCUT2D eigenvalue weighted by molar-refractivity contribution is 8.02. The molecule has 0 radical (unpaired) electrons. The summed E-state index contributed by atoms with van der Waals surface area (Å²) in [6.45, 7) is 8.92. The van der Waals surface area contributed by atoms with Crippen molar-refractivity contribution >= 4 is 29.0 Å². The maximum Gasteiger partial charge on any atom is 0.235 e. The van der Waals surface area contributed by atoms with Crippen LogP contribution in [-0.4, -0.2) is 58.7 Å². The molecule has 1 saturated heterocycles. The van der Waals surface area contributed by atoms with E-state index in [-0.39, 0.29) is 11.2 Å². The van der Waals surface area contributed by atoms with Gasteiger partial charge >= 0.3 is 0 Å². The summed E-state index contributed by atoms with van der Waals surface area (Å²) in [5, 5.41) is 1.91. The van der Waals surface area contributed by atoms with Crippen LogP contribution in [0.25, 0.3) is 0 Å². The molecule has 100 valence electrons. The minimum Gasteiger partial charge on any atom is -0.339 e. The van der Waals surface area contributed by atoms with Crippen LogP contribution in [0, 0.1) is 0 Å². The van der Waals surface area contributed by atoms with Crippen molar-refractivity contribution in [3.63, 3.8) is 0 Å². The van der Waals surface area contributed by atoms with E-state index < -0.39 is 0 Å². The van der Waals surface area contributed by atoms with Crippen molar-refractivity contribution in [2.75, 3.05) is 32.7 Å². The molecule has 0 N–H and O–H groups in total. The molecular formula is C12H19N3OS2. The second-order valence-corrected chi connectivity index (χ2v) is 6.80. The predicted molar refractivity (Wildman–Crippen MR) is 76.1 cm³/mol. The van der Waals surface area contributed by atoms with Gasteiger partial charge in [-0.05, 0) is 13.5 Å². The molecule has 0 spiro atoms. The molecule has 2 rings (SSSR count). The van der Waals surface area contributed by atoms with Crippen LogP contribution in [-0.2, 0) is 4.79 Å². The summed E-state index contributed by atoms with van der Waals surface area (Å²) >= 11 is 3.15. The van der Waals surface area contributed by atoms with Crippen LogP contribution in [0.5, 0.6) is 0 Å². The number of hydrogen-bond acceptors (Lipinski definition) is 5. The van der Waals surface area contributed by atoms with Gasteiger partial charge in [0.05, 0.1) is 5.25 Å². The number of hydrogen-bond donors (Lipinski definition) is 0. The largest absolute Gasteiger partial charge is 0.339 e. The van der Waals surface area contributed by atoms with Crippen LogP contribution in [0.3, 0.4) is 0 Å². The van der Waals surface area contributed by atoms with Gasteiger partial charge in [0.1, 0.15) is 0 Å². The molecule has 6 heteroatoms. The van der Waals surface area contributed by atoms with E-state index in [1.165, 1.54) is 0 Å². The normalized spacial score (nSPS) is 18.9. The van der Waals surface area contributed by atoms with Gasteiger partial charge in [0.25, 0.3) is 0 Å². The molecule has 0 saturated carbocycles. The summed E-state index contributed by atoms with van der Waals surface area (Å²) in [4.78, 5) is 20.9. The number of thioether (sulfide) groups is 1. The molecule has 4 nitrogen and oxygen atoms in total. The van der Waals surface area contributed by atoms with Crippen molar-refractivity contribution in [1.29, 1.82) is 0 Å². The summed E-state index contributed by atoms with van der Waals surface area (Å²) in [5.41, 5.74) is 0. The third-order valence-corrected chi connectivity index (χ3v) is 5.17. The standard InChI is InChI=1S/C12H19N3OS2/c1-3-14-5-7-15(8-6-14)11(16)10(2)18-12-13-4-9-17-12/h4,9-10H,3,5-8H2,1-2H3/t10-/m0/s1. The fraction of sp³-hybridized carbons (Fsp3) is 0.667. The summed E-state index contributed by atoms with van der Waals surface area (Å²) in [6, 6.07) is 0. The van der Waals surface area contributed by atoms with Gasteiger partial charge in [-0.2, -0.15) is 0 Å². The van der Waals surface area contributed by atoms with Crippen molar-refractivity contribution < 1.29 is 4.79 Å². The fourth-order valence-corrected chi connectivity index (χ4v) is 3.87. The Morgan fingerprint density at radius 1 is 1.50 bits per heavy atom. The number of carbonyl (C=O) groups is 1. The van der Waals surface area contributed by atoms with Gasteiger partial charge in [0.2, 0.25) is 5.91 Å². The highest BCUT2D eigenvalue weighted by Crippen LogP contribution is 2.26. The maximum absolute atomic E-state index is 12.3. The Balaban J connectivity index is 1.84. The molecule has 1 aromatic heterocycles. The van der Waals surface area contributed by atoms with Gasteiger partial charge in [-0.25, -0.2) is 4.98 Å². The van der Waals surface area contributed by atoms with Crippen molar-refractivity contribution in [3.05, 3.63) is 11.6 Å². The maximum atomic E-state index is 12.3. The lowest BCUT2D eigenvalue weighted by molar-refractivity contribution is -0.132. The summed E-state index contributed by atoms with van der Waals surface area (Å²) in [6.07, 6.45) is 1.78. The van der Waals surface area contributed by atoms with E-state index in [1.807, 2.05) is 17.2 Å². The molecule has 1 amide bonds. The molecule has 2 heterocycles. The monoisotopic (exact) mass is 285 g/mol. The number of piperazine rings is 1. The lowest BCUT2D eigenvalue weighted by Crippen LogP contribution is -2.50. The van der Waals surface area contributed by atoms with Crippen LogP contribution >= 0.6 is 23.1 Å². The van der Waals surface area contributed by atoms with E-state index in [2.05, 4.69) is 16.8 Å². The minimum atomic E-state index is -0.0377. The first-order valence-corrected chi connectivity index (χ1v) is 8.04. The van der Waals surface area contributed by atoms with E-state index in [9.17, 15) is 4.79 Å². The first-order chi connectivity index (χ1) is 8.70. The number of thiazole rings is 1. The Bertz CT molecular complexity index is 375. The Kier molecular flexibility index (Phi) is 5.03. The van der Waals surface area contributed by atoms with Gasteiger partial charge in [-0.15, -0.1) is 11.3 Å². The van der Waals surface area contributed by atoms with Gasteiger partial charge in [-0.3, -0.25) is 4.79 Å². The van der Waals surface area contributed by atoms with E-state index in [0.29, 0.717) is 0 Å². The molecule has 0 unspecified atom stereocenters. The Labute approximate surface area is 116 Å². The number of aromatic nitrogens is 1. The van der Waals surface area contributed by atoms with Crippen molar-refractivity contribution in [2.45, 2.75) is 23.4 Å². The van der Waals surface area contributed by atoms with E-state index >= 15 is 0 Å². The first kappa shape index (κ1) is 13.8. The lowest BCUT2D eigenvalue weighted by atomic mass is 10.3. The molecule has 18 heavy (non-hydrogen) atoms. The van der Waals surface area contributed by atoms with Crippen LogP contribution in [0.4, 0.5) is 0 Å². The summed E-state index contributed by atoms with van der Waals surface area (Å²) < 4.78 is 0.975. The molecule has 1 aliphatic rings. The predicted octanol–water partition coefficient (Wildman–Crippen LogP) is 1.79. The number of amides is 1. The summed E-state index contributed by atoms with van der Waals surface area (Å²) in [7, 11) is 0. The smallest absolute Gasteiger partial charge is 0.235 e. The average molecular weight is 285 g/mol. The number of likely N-dealkylation sites (N-methyl/N-ethyl adjacent to an activating group) is 1. The van der Waals surface area contributed by atoms with Gasteiger partial charge in [0.15, 0.2) is 4.34 Å². The molecule has 1 aromatic rings. The Morgan fingerprint density at radius 3 is 2.78 bits per heavy atom. The highest BCUT2D eigenvalue weighted by Gasteiger charge is 2.25. The molecule has 0 aromatic carbocycles. The zero-order valence-corrected chi connectivity index (χ0v) is 12.5. The number of carbonyl (C=O) groups excluding carboxylic acids is 1. The van der Waals surface area contributed by atoms with Crippen molar-refractivity contribution in [3.8, 4) is 0 Å². The molecule has 1 atom stereocenters. The molecule has 0 bridgehead atoms. The third-order valence-electron chi connectivity index (χ3n) is 3.17. The van der Waals surface area contributed by atoms with Gasteiger partial charge in [-0.1, -0.05) is 18.7 Å². The SMILES string of the molecule is CCN1CCN(C(=O)[C@H](C)Sc2nccs2)CC1. The van der Waals surface area contributed by atoms with E-state index in [4.69, 9.17) is 0 Å². The third kappa shape index (κ3) is 3.46. The van der Waals surface area contributed by atoms with Crippen LogP contribution in [0.15, 0.2) is 15.9 Å². The quantitative estimate of drug-likeness (QED) is 0.790. The molecular weight excluding hydrogens is 266 g/mol. The average Bonchev–Trinajstić information content (AvgIpc) is 2.91. The first-order valence-electron chi connectivity index (χ1n) is 6.28. The van der Waals surface area contributed by atoms with Gasteiger partial charge < -0.3 is 9.80 Å². The van der Waals surface area contributed by atoms with E-state index in [0.717, 1.165) is 37.1 Å². The van der Waals surface area contributed by atoms with Crippen molar-refractivity contribution in [1.82, 2.24) is 14.8 Å². The minimum absolute atomic E-state index is 0.0377.